The normalized spacial score (nSPS) is 15.9. The van der Waals surface area contributed by atoms with Crippen molar-refractivity contribution in [2.45, 2.75) is 52.7 Å². The number of carboxylic acids is 1. The lowest BCUT2D eigenvalue weighted by molar-refractivity contribution is -0.140. The molecule has 0 aliphatic carbocycles. The zero-order chi connectivity index (χ0) is 28.7. The molecule has 0 aromatic heterocycles. The van der Waals surface area contributed by atoms with Gasteiger partial charge in [0, 0.05) is 6.61 Å². The first kappa shape index (κ1) is 29.6. The minimum Gasteiger partial charge on any atom is -0.493 e. The van der Waals surface area contributed by atoms with Crippen LogP contribution in [0.1, 0.15) is 54.5 Å². The second kappa shape index (κ2) is 13.3. The molecule has 3 aromatic rings. The Hall–Kier alpha value is -3.36. The molecule has 40 heavy (non-hydrogen) atoms. The van der Waals surface area contributed by atoms with Crippen LogP contribution in [0.15, 0.2) is 60.7 Å². The second-order valence-electron chi connectivity index (χ2n) is 10.4. The van der Waals surface area contributed by atoms with Crippen LogP contribution in [-0.2, 0) is 26.0 Å². The molecule has 0 amide bonds. The number of aliphatic carboxylic acids is 1. The average Bonchev–Trinajstić information content (AvgIpc) is 2.91. The lowest BCUT2D eigenvalue weighted by Crippen LogP contribution is -2.26. The van der Waals surface area contributed by atoms with Gasteiger partial charge < -0.3 is 19.3 Å². The van der Waals surface area contributed by atoms with Crippen LogP contribution in [0.4, 0.5) is 0 Å². The Morgan fingerprint density at radius 1 is 0.950 bits per heavy atom. The van der Waals surface area contributed by atoms with Crippen molar-refractivity contribution in [3.8, 4) is 22.6 Å². The van der Waals surface area contributed by atoms with Crippen molar-refractivity contribution in [1.29, 1.82) is 0 Å². The molecule has 3 aromatic carbocycles. The molecule has 0 saturated carbocycles. The number of benzene rings is 3. The zero-order valence-electron chi connectivity index (χ0n) is 23.4. The van der Waals surface area contributed by atoms with Gasteiger partial charge in [-0.2, -0.15) is 0 Å². The molecule has 1 N–H and O–H groups in total. The maximum absolute atomic E-state index is 11.7. The van der Waals surface area contributed by atoms with Gasteiger partial charge in [0.2, 0.25) is 0 Å². The number of carbonyl (C=O) groups is 1. The first-order chi connectivity index (χ1) is 19.1. The minimum atomic E-state index is -2.87. The van der Waals surface area contributed by atoms with E-state index >= 15 is 0 Å². The van der Waals surface area contributed by atoms with Gasteiger partial charge in [-0.3, -0.25) is 4.79 Å². The van der Waals surface area contributed by atoms with Gasteiger partial charge >= 0.3 is 5.97 Å². The Kier molecular flexibility index (Phi) is 9.87. The molecule has 1 aliphatic rings. The lowest BCUT2D eigenvalue weighted by atomic mass is 9.94. The second-order valence-corrected chi connectivity index (χ2v) is 12.7. The third-order valence-electron chi connectivity index (χ3n) is 7.27. The van der Waals surface area contributed by atoms with E-state index in [1.54, 1.807) is 0 Å². The molecule has 1 heterocycles. The van der Waals surface area contributed by atoms with Crippen LogP contribution < -0.4 is 9.47 Å². The summed E-state index contributed by atoms with van der Waals surface area (Å²) in [4.78, 5) is 11.2. The Bertz CT molecular complexity index is 1380. The van der Waals surface area contributed by atoms with Gasteiger partial charge in [0.05, 0.1) is 30.6 Å². The molecule has 8 heteroatoms. The molecule has 0 bridgehead atoms. The van der Waals surface area contributed by atoms with Crippen molar-refractivity contribution in [3.63, 3.8) is 0 Å². The van der Waals surface area contributed by atoms with E-state index in [0.29, 0.717) is 38.4 Å². The fourth-order valence-electron chi connectivity index (χ4n) is 5.18. The van der Waals surface area contributed by atoms with E-state index in [1.807, 2.05) is 55.5 Å². The third kappa shape index (κ3) is 8.08. The van der Waals surface area contributed by atoms with Crippen molar-refractivity contribution in [1.82, 2.24) is 0 Å². The summed E-state index contributed by atoms with van der Waals surface area (Å²) in [7, 11) is -2.87. The third-order valence-corrected chi connectivity index (χ3v) is 8.98. The molecule has 0 spiro atoms. The highest BCUT2D eigenvalue weighted by Gasteiger charge is 2.24. The van der Waals surface area contributed by atoms with Gasteiger partial charge in [0.1, 0.15) is 27.9 Å². The Morgan fingerprint density at radius 2 is 1.62 bits per heavy atom. The summed E-state index contributed by atoms with van der Waals surface area (Å²) in [5.74, 6) is 1.39. The predicted molar refractivity (Wildman–Crippen MR) is 156 cm³/mol. The summed E-state index contributed by atoms with van der Waals surface area (Å²) in [5.41, 5.74) is 6.32. The standard InChI is InChI=1S/C32H38O7S/c1-4-37-30(19-31(33)34)26-8-10-28(11-9-26)38-21-25-6-5-7-27(18-25)32-22(2)16-29(17-23(32)3)39-20-24-12-14-40(35,36)15-13-24/h5-11,16-18,24,30H,4,12-15,19-21H2,1-3H3,(H,33,34)/t30-/m0/s1. The van der Waals surface area contributed by atoms with Gasteiger partial charge in [-0.25, -0.2) is 8.42 Å². The molecule has 4 rings (SSSR count). The van der Waals surface area contributed by atoms with Crippen molar-refractivity contribution in [2.75, 3.05) is 24.7 Å². The summed E-state index contributed by atoms with van der Waals surface area (Å²) in [6.07, 6.45) is 0.758. The van der Waals surface area contributed by atoms with Crippen LogP contribution >= 0.6 is 0 Å². The summed E-state index contributed by atoms with van der Waals surface area (Å²) in [6, 6.07) is 19.7. The number of carboxylic acid groups (broad SMARTS) is 1. The van der Waals surface area contributed by atoms with E-state index in [1.165, 1.54) is 0 Å². The Morgan fingerprint density at radius 3 is 2.25 bits per heavy atom. The van der Waals surface area contributed by atoms with Crippen molar-refractivity contribution >= 4 is 15.8 Å². The number of aryl methyl sites for hydroxylation is 2. The predicted octanol–water partition coefficient (Wildman–Crippen LogP) is 6.31. The summed E-state index contributed by atoms with van der Waals surface area (Å²) in [5, 5.41) is 9.15. The highest BCUT2D eigenvalue weighted by Crippen LogP contribution is 2.32. The molecule has 1 aliphatic heterocycles. The van der Waals surface area contributed by atoms with E-state index < -0.39 is 21.9 Å². The largest absolute Gasteiger partial charge is 0.493 e. The van der Waals surface area contributed by atoms with Gasteiger partial charge in [-0.15, -0.1) is 0 Å². The SMILES string of the molecule is CCO[C@@H](CC(=O)O)c1ccc(OCc2cccc(-c3c(C)cc(OCC4CCS(=O)(=O)CC4)cc3C)c2)cc1. The Balaban J connectivity index is 1.39. The molecule has 1 saturated heterocycles. The van der Waals surface area contributed by atoms with Crippen molar-refractivity contribution < 1.29 is 32.5 Å². The van der Waals surface area contributed by atoms with Gasteiger partial charge in [-0.1, -0.05) is 30.3 Å². The molecule has 1 fully saturated rings. The van der Waals surface area contributed by atoms with E-state index in [9.17, 15) is 13.2 Å². The van der Waals surface area contributed by atoms with Crippen LogP contribution in [0.5, 0.6) is 11.5 Å². The molecule has 214 valence electrons. The lowest BCUT2D eigenvalue weighted by Gasteiger charge is -2.22. The monoisotopic (exact) mass is 566 g/mol. The Labute approximate surface area is 237 Å². The summed E-state index contributed by atoms with van der Waals surface area (Å²) >= 11 is 0. The number of rotatable bonds is 12. The molecule has 1 atom stereocenters. The summed E-state index contributed by atoms with van der Waals surface area (Å²) < 4.78 is 41.1. The van der Waals surface area contributed by atoms with Crippen LogP contribution in [-0.4, -0.2) is 44.2 Å². The van der Waals surface area contributed by atoms with E-state index in [2.05, 4.69) is 26.0 Å². The molecule has 0 unspecified atom stereocenters. The minimum absolute atomic E-state index is 0.0836. The quantitative estimate of drug-likeness (QED) is 0.274. The maximum Gasteiger partial charge on any atom is 0.306 e. The molecule has 0 radical (unpaired) electrons. The molecular formula is C32H38O7S. The van der Waals surface area contributed by atoms with Crippen molar-refractivity contribution in [3.05, 3.63) is 82.9 Å². The van der Waals surface area contributed by atoms with E-state index in [4.69, 9.17) is 19.3 Å². The smallest absolute Gasteiger partial charge is 0.306 e. The topological polar surface area (TPSA) is 99.1 Å². The van der Waals surface area contributed by atoms with Gasteiger partial charge in [0.15, 0.2) is 0 Å². The number of hydrogen-bond donors (Lipinski definition) is 1. The van der Waals surface area contributed by atoms with E-state index in [-0.39, 0.29) is 23.8 Å². The number of sulfone groups is 1. The van der Waals surface area contributed by atoms with E-state index in [0.717, 1.165) is 39.1 Å². The first-order valence-corrected chi connectivity index (χ1v) is 15.6. The van der Waals surface area contributed by atoms with Crippen LogP contribution in [0.2, 0.25) is 0 Å². The van der Waals surface area contributed by atoms with Gasteiger partial charge in [0.25, 0.3) is 0 Å². The van der Waals surface area contributed by atoms with Crippen LogP contribution in [0.25, 0.3) is 11.1 Å². The molecule has 7 nitrogen and oxygen atoms in total. The van der Waals surface area contributed by atoms with Crippen molar-refractivity contribution in [2.24, 2.45) is 5.92 Å². The maximum atomic E-state index is 11.7. The van der Waals surface area contributed by atoms with Crippen LogP contribution in [0, 0.1) is 19.8 Å². The van der Waals surface area contributed by atoms with Gasteiger partial charge in [-0.05, 0) is 103 Å². The number of hydrogen-bond acceptors (Lipinski definition) is 6. The fourth-order valence-corrected chi connectivity index (χ4v) is 6.77. The number of ether oxygens (including phenoxy) is 3. The zero-order valence-corrected chi connectivity index (χ0v) is 24.2. The fraction of sp³-hybridized carbons (Fsp3) is 0.406. The van der Waals surface area contributed by atoms with Crippen LogP contribution in [0.3, 0.4) is 0 Å². The highest BCUT2D eigenvalue weighted by atomic mass is 32.2. The average molecular weight is 567 g/mol. The highest BCUT2D eigenvalue weighted by molar-refractivity contribution is 7.91. The molecular weight excluding hydrogens is 528 g/mol. The summed E-state index contributed by atoms with van der Waals surface area (Å²) in [6.45, 7) is 7.37. The first-order valence-electron chi connectivity index (χ1n) is 13.7.